The summed E-state index contributed by atoms with van der Waals surface area (Å²) in [6.45, 7) is 0. The maximum atomic E-state index is 12.3. The van der Waals surface area contributed by atoms with Gasteiger partial charge in [-0.1, -0.05) is 6.07 Å². The van der Waals surface area contributed by atoms with Crippen LogP contribution in [0.4, 0.5) is 0 Å². The number of nitrogens with one attached hydrogen (secondary N) is 2. The van der Waals surface area contributed by atoms with E-state index >= 15 is 0 Å². The minimum Gasteiger partial charge on any atom is -0.278 e. The van der Waals surface area contributed by atoms with Crippen LogP contribution in [-0.4, -0.2) is 43.0 Å². The number of hydrogen-bond acceptors (Lipinski definition) is 8. The molecular weight excluding hydrogens is 376 g/mol. The summed E-state index contributed by atoms with van der Waals surface area (Å²) in [4.78, 5) is 13.8. The van der Waals surface area contributed by atoms with Crippen LogP contribution in [0.15, 0.2) is 23.1 Å². The molecule has 1 aliphatic rings. The van der Waals surface area contributed by atoms with Crippen LogP contribution in [0.25, 0.3) is 11.0 Å². The first-order valence-electron chi connectivity index (χ1n) is 6.99. The highest BCUT2D eigenvalue weighted by Gasteiger charge is 2.29. The lowest BCUT2D eigenvalue weighted by molar-refractivity contribution is -0.122. The molecule has 1 aromatic heterocycles. The zero-order valence-electron chi connectivity index (χ0n) is 12.3. The molecule has 1 aromatic carbocycles. The quantitative estimate of drug-likeness (QED) is 0.676. The summed E-state index contributed by atoms with van der Waals surface area (Å²) in [5, 5.41) is 0. The van der Waals surface area contributed by atoms with E-state index in [2.05, 4.69) is 14.2 Å². The molecule has 130 valence electrons. The molecule has 0 spiro atoms. The fourth-order valence-corrected chi connectivity index (χ4v) is 6.01. The normalized spacial score (nSPS) is 20.2. The monoisotopic (exact) mass is 390 g/mol. The van der Waals surface area contributed by atoms with Crippen molar-refractivity contribution in [3.8, 4) is 0 Å². The number of sulfone groups is 1. The maximum absolute atomic E-state index is 12.3. The molecule has 2 aromatic rings. The van der Waals surface area contributed by atoms with Gasteiger partial charge >= 0.3 is 0 Å². The SMILES string of the molecule is O=C(C[C@H]1CCS(=O)(=O)C1)NNS(=O)(=O)c1cccc2nsnc12. The minimum absolute atomic E-state index is 0.0447. The zero-order valence-corrected chi connectivity index (χ0v) is 14.7. The first-order chi connectivity index (χ1) is 11.3. The fraction of sp³-hybridized carbons (Fsp3) is 0.417. The van der Waals surface area contributed by atoms with Crippen molar-refractivity contribution in [3.05, 3.63) is 18.2 Å². The molecule has 1 fully saturated rings. The Kier molecular flexibility index (Phi) is 4.55. The van der Waals surface area contributed by atoms with Crippen LogP contribution in [0.5, 0.6) is 0 Å². The smallest absolute Gasteiger partial charge is 0.259 e. The largest absolute Gasteiger partial charge is 0.278 e. The van der Waals surface area contributed by atoms with Gasteiger partial charge in [0.1, 0.15) is 15.9 Å². The number of rotatable bonds is 5. The van der Waals surface area contributed by atoms with E-state index in [1.807, 2.05) is 4.83 Å². The number of sulfonamides is 1. The molecule has 1 amide bonds. The lowest BCUT2D eigenvalue weighted by Crippen LogP contribution is -2.42. The van der Waals surface area contributed by atoms with Crippen molar-refractivity contribution in [1.29, 1.82) is 0 Å². The van der Waals surface area contributed by atoms with Crippen LogP contribution >= 0.6 is 11.7 Å². The number of fused-ring (bicyclic) bond motifs is 1. The lowest BCUT2D eigenvalue weighted by Gasteiger charge is -2.10. The number of amides is 1. The highest BCUT2D eigenvalue weighted by Crippen LogP contribution is 2.22. The van der Waals surface area contributed by atoms with E-state index in [0.717, 1.165) is 11.7 Å². The summed E-state index contributed by atoms with van der Waals surface area (Å²) in [6.07, 6.45) is 0.358. The minimum atomic E-state index is -4.00. The van der Waals surface area contributed by atoms with E-state index in [-0.39, 0.29) is 34.3 Å². The Balaban J connectivity index is 1.65. The standard InChI is InChI=1S/C12H14N4O5S3/c17-11(6-8-4-5-23(18,19)7-8)13-16-24(20,21)10-3-1-2-9-12(10)15-22-14-9/h1-3,8,16H,4-7H2,(H,13,17)/t8-/m1/s1. The van der Waals surface area contributed by atoms with Gasteiger partial charge in [-0.05, 0) is 24.5 Å². The van der Waals surface area contributed by atoms with Gasteiger partial charge in [-0.3, -0.25) is 10.2 Å². The molecule has 1 aliphatic heterocycles. The number of carbonyl (C=O) groups excluding carboxylic acids is 1. The molecule has 0 aliphatic carbocycles. The van der Waals surface area contributed by atoms with Gasteiger partial charge in [-0.15, -0.1) is 4.83 Å². The summed E-state index contributed by atoms with van der Waals surface area (Å²) < 4.78 is 55.3. The van der Waals surface area contributed by atoms with Gasteiger partial charge in [0.15, 0.2) is 9.84 Å². The van der Waals surface area contributed by atoms with Crippen molar-refractivity contribution in [2.45, 2.75) is 17.7 Å². The fourth-order valence-electron chi connectivity index (χ4n) is 2.52. The molecule has 0 saturated carbocycles. The number of carbonyl (C=O) groups is 1. The van der Waals surface area contributed by atoms with Crippen molar-refractivity contribution >= 4 is 48.5 Å². The number of nitrogens with zero attached hydrogens (tertiary/aromatic N) is 2. The van der Waals surface area contributed by atoms with Crippen LogP contribution < -0.4 is 10.3 Å². The Morgan fingerprint density at radius 2 is 2.12 bits per heavy atom. The van der Waals surface area contributed by atoms with E-state index in [1.165, 1.54) is 12.1 Å². The second-order valence-electron chi connectivity index (χ2n) is 5.51. The second-order valence-corrected chi connectivity index (χ2v) is 9.92. The molecule has 24 heavy (non-hydrogen) atoms. The van der Waals surface area contributed by atoms with E-state index < -0.39 is 25.8 Å². The van der Waals surface area contributed by atoms with Crippen LogP contribution in [0.3, 0.4) is 0 Å². The molecule has 0 bridgehead atoms. The van der Waals surface area contributed by atoms with Crippen molar-refractivity contribution in [3.63, 3.8) is 0 Å². The van der Waals surface area contributed by atoms with Gasteiger partial charge in [0.05, 0.1) is 23.2 Å². The second kappa shape index (κ2) is 6.35. The number of hydrazine groups is 1. The molecule has 12 heteroatoms. The third-order valence-corrected chi connectivity index (χ3v) is 7.32. The Hall–Kier alpha value is -1.63. The van der Waals surface area contributed by atoms with Crippen LogP contribution in [0.1, 0.15) is 12.8 Å². The van der Waals surface area contributed by atoms with Gasteiger partial charge < -0.3 is 0 Å². The predicted octanol–water partition coefficient (Wildman–Crippen LogP) is -0.174. The molecule has 3 rings (SSSR count). The molecule has 1 atom stereocenters. The summed E-state index contributed by atoms with van der Waals surface area (Å²) in [6, 6.07) is 4.53. The maximum Gasteiger partial charge on any atom is 0.259 e. The first-order valence-corrected chi connectivity index (χ1v) is 11.0. The van der Waals surface area contributed by atoms with Gasteiger partial charge in [0.25, 0.3) is 10.0 Å². The number of hydrogen-bond donors (Lipinski definition) is 2. The van der Waals surface area contributed by atoms with Gasteiger partial charge in [-0.2, -0.15) is 8.75 Å². The summed E-state index contributed by atoms with van der Waals surface area (Å²) in [5.74, 6) is -0.846. The third-order valence-electron chi connectivity index (χ3n) is 3.66. The topological polar surface area (TPSA) is 135 Å². The van der Waals surface area contributed by atoms with E-state index in [4.69, 9.17) is 0 Å². The predicted molar refractivity (Wildman–Crippen MR) is 87.3 cm³/mol. The van der Waals surface area contributed by atoms with E-state index in [0.29, 0.717) is 11.9 Å². The summed E-state index contributed by atoms with van der Waals surface area (Å²) >= 11 is 0.892. The average molecular weight is 390 g/mol. The molecular formula is C12H14N4O5S3. The molecule has 1 saturated heterocycles. The highest BCUT2D eigenvalue weighted by molar-refractivity contribution is 7.91. The Morgan fingerprint density at radius 3 is 2.83 bits per heavy atom. The molecule has 2 N–H and O–H groups in total. The molecule has 2 heterocycles. The Bertz CT molecular complexity index is 983. The Morgan fingerprint density at radius 1 is 1.33 bits per heavy atom. The first kappa shape index (κ1) is 17.2. The van der Waals surface area contributed by atoms with Crippen molar-refractivity contribution in [1.82, 2.24) is 19.0 Å². The number of aromatic nitrogens is 2. The van der Waals surface area contributed by atoms with Gasteiger partial charge in [0.2, 0.25) is 5.91 Å². The summed E-state index contributed by atoms with van der Waals surface area (Å²) in [7, 11) is -7.08. The number of benzene rings is 1. The highest BCUT2D eigenvalue weighted by atomic mass is 32.2. The zero-order chi connectivity index (χ0) is 17.4. The van der Waals surface area contributed by atoms with E-state index in [1.54, 1.807) is 6.07 Å². The molecule has 0 radical (unpaired) electrons. The van der Waals surface area contributed by atoms with E-state index in [9.17, 15) is 21.6 Å². The summed E-state index contributed by atoms with van der Waals surface area (Å²) in [5.41, 5.74) is 2.79. The van der Waals surface area contributed by atoms with Crippen molar-refractivity contribution < 1.29 is 21.6 Å². The van der Waals surface area contributed by atoms with Crippen molar-refractivity contribution in [2.24, 2.45) is 5.92 Å². The van der Waals surface area contributed by atoms with Crippen molar-refractivity contribution in [2.75, 3.05) is 11.5 Å². The van der Waals surface area contributed by atoms with Crippen LogP contribution in [0, 0.1) is 5.92 Å². The van der Waals surface area contributed by atoms with Crippen LogP contribution in [-0.2, 0) is 24.7 Å². The van der Waals surface area contributed by atoms with Gasteiger partial charge in [0, 0.05) is 6.42 Å². The van der Waals surface area contributed by atoms with Crippen LogP contribution in [0.2, 0.25) is 0 Å². The average Bonchev–Trinajstić information content (AvgIpc) is 3.11. The van der Waals surface area contributed by atoms with Gasteiger partial charge in [-0.25, -0.2) is 16.8 Å². The molecule has 0 unspecified atom stereocenters. The third kappa shape index (κ3) is 3.71. The molecule has 9 nitrogen and oxygen atoms in total. The lowest BCUT2D eigenvalue weighted by atomic mass is 10.1. The Labute approximate surface area is 142 Å².